The molecule has 0 fully saturated rings. The third kappa shape index (κ3) is 3.54. The lowest BCUT2D eigenvalue weighted by Crippen LogP contribution is -2.34. The molecule has 1 unspecified atom stereocenters. The Morgan fingerprint density at radius 2 is 2.44 bits per heavy atom. The van der Waals surface area contributed by atoms with Gasteiger partial charge in [-0.1, -0.05) is 6.92 Å². The zero-order chi connectivity index (χ0) is 12.8. The van der Waals surface area contributed by atoms with Gasteiger partial charge in [-0.2, -0.15) is 0 Å². The van der Waals surface area contributed by atoms with Crippen LogP contribution in [0.15, 0.2) is 17.8 Å². The second-order valence-corrected chi connectivity index (χ2v) is 5.34. The molecule has 0 radical (unpaired) electrons. The lowest BCUT2D eigenvalue weighted by molar-refractivity contribution is 0.162. The molecule has 2 aromatic rings. The molecule has 0 aliphatic heterocycles. The van der Waals surface area contributed by atoms with Gasteiger partial charge in [0.05, 0.1) is 12.3 Å². The van der Waals surface area contributed by atoms with Crippen LogP contribution >= 0.6 is 11.3 Å². The van der Waals surface area contributed by atoms with Crippen LogP contribution < -0.4 is 5.32 Å². The summed E-state index contributed by atoms with van der Waals surface area (Å²) in [5.41, 5.74) is 1.17. The van der Waals surface area contributed by atoms with Crippen molar-refractivity contribution in [2.24, 2.45) is 0 Å². The molecule has 0 aliphatic carbocycles. The zero-order valence-electron chi connectivity index (χ0n) is 11.1. The quantitative estimate of drug-likeness (QED) is 0.798. The third-order valence-corrected chi connectivity index (χ3v) is 3.71. The van der Waals surface area contributed by atoms with E-state index in [4.69, 9.17) is 4.74 Å². The number of hydrogen-bond donors (Lipinski definition) is 1. The average Bonchev–Trinajstić information content (AvgIpc) is 2.93. The highest BCUT2D eigenvalue weighted by molar-refractivity contribution is 7.15. The third-order valence-electron chi connectivity index (χ3n) is 2.94. The van der Waals surface area contributed by atoms with E-state index in [1.54, 1.807) is 18.4 Å². The van der Waals surface area contributed by atoms with Crippen LogP contribution in [0.25, 0.3) is 4.96 Å². The maximum Gasteiger partial charge on any atom is 0.193 e. The molecule has 5 heteroatoms. The summed E-state index contributed by atoms with van der Waals surface area (Å²) in [5, 5.41) is 5.57. The number of aryl methyl sites for hydroxylation is 1. The predicted molar refractivity (Wildman–Crippen MR) is 75.3 cm³/mol. The summed E-state index contributed by atoms with van der Waals surface area (Å²) in [5.74, 6) is 0. The summed E-state index contributed by atoms with van der Waals surface area (Å²) in [7, 11) is 1.76. The van der Waals surface area contributed by atoms with E-state index in [2.05, 4.69) is 39.4 Å². The summed E-state index contributed by atoms with van der Waals surface area (Å²) < 4.78 is 7.34. The van der Waals surface area contributed by atoms with Crippen LogP contribution in [0.3, 0.4) is 0 Å². The fourth-order valence-corrected chi connectivity index (χ4v) is 2.73. The molecule has 0 amide bonds. The minimum atomic E-state index is 0.426. The van der Waals surface area contributed by atoms with E-state index < -0.39 is 0 Å². The van der Waals surface area contributed by atoms with Gasteiger partial charge in [0.15, 0.2) is 4.96 Å². The number of nitrogens with one attached hydrogen (secondary N) is 1. The Morgan fingerprint density at radius 1 is 1.56 bits per heavy atom. The molecular formula is C13H21N3OS. The van der Waals surface area contributed by atoms with Gasteiger partial charge in [-0.15, -0.1) is 11.3 Å². The van der Waals surface area contributed by atoms with Crippen molar-refractivity contribution in [1.29, 1.82) is 0 Å². The van der Waals surface area contributed by atoms with Crippen LogP contribution in [-0.2, 0) is 11.2 Å². The standard InChI is InChI=1S/C13H21N3OS/c1-3-6-14-12(10-17-2)5-4-11-9-16-7-8-18-13(16)15-11/h7-9,12,14H,3-6,10H2,1-2H3. The first-order valence-corrected chi connectivity index (χ1v) is 7.35. The molecule has 18 heavy (non-hydrogen) atoms. The Morgan fingerprint density at radius 3 is 3.17 bits per heavy atom. The van der Waals surface area contributed by atoms with E-state index in [-0.39, 0.29) is 0 Å². The molecule has 2 rings (SSSR count). The van der Waals surface area contributed by atoms with Gasteiger partial charge in [0, 0.05) is 30.9 Å². The maximum absolute atomic E-state index is 5.25. The smallest absolute Gasteiger partial charge is 0.193 e. The van der Waals surface area contributed by atoms with Gasteiger partial charge < -0.3 is 10.1 Å². The number of ether oxygens (including phenoxy) is 1. The minimum absolute atomic E-state index is 0.426. The minimum Gasteiger partial charge on any atom is -0.383 e. The van der Waals surface area contributed by atoms with Crippen molar-refractivity contribution in [3.05, 3.63) is 23.5 Å². The van der Waals surface area contributed by atoms with E-state index in [1.807, 2.05) is 0 Å². The molecule has 0 saturated heterocycles. The van der Waals surface area contributed by atoms with E-state index in [0.717, 1.165) is 37.4 Å². The lowest BCUT2D eigenvalue weighted by atomic mass is 10.1. The number of nitrogens with zero attached hydrogens (tertiary/aromatic N) is 2. The van der Waals surface area contributed by atoms with Crippen molar-refractivity contribution < 1.29 is 4.74 Å². The van der Waals surface area contributed by atoms with Crippen molar-refractivity contribution in [1.82, 2.24) is 14.7 Å². The van der Waals surface area contributed by atoms with Crippen LogP contribution in [0.2, 0.25) is 0 Å². The van der Waals surface area contributed by atoms with E-state index >= 15 is 0 Å². The number of thiazole rings is 1. The summed E-state index contributed by atoms with van der Waals surface area (Å²) in [6.45, 7) is 3.99. The molecule has 0 aromatic carbocycles. The van der Waals surface area contributed by atoms with Gasteiger partial charge in [-0.3, -0.25) is 4.40 Å². The number of hydrogen-bond acceptors (Lipinski definition) is 4. The van der Waals surface area contributed by atoms with Gasteiger partial charge in [0.1, 0.15) is 0 Å². The van der Waals surface area contributed by atoms with Crippen LogP contribution in [0.1, 0.15) is 25.5 Å². The van der Waals surface area contributed by atoms with Crippen LogP contribution in [-0.4, -0.2) is 35.7 Å². The molecule has 0 spiro atoms. The monoisotopic (exact) mass is 267 g/mol. The van der Waals surface area contributed by atoms with Crippen molar-refractivity contribution in [3.8, 4) is 0 Å². The van der Waals surface area contributed by atoms with E-state index in [9.17, 15) is 0 Å². The molecule has 0 aliphatic rings. The highest BCUT2D eigenvalue weighted by Gasteiger charge is 2.09. The first kappa shape index (κ1) is 13.5. The van der Waals surface area contributed by atoms with Crippen LogP contribution in [0.5, 0.6) is 0 Å². The highest BCUT2D eigenvalue weighted by Crippen LogP contribution is 2.13. The molecule has 1 N–H and O–H groups in total. The lowest BCUT2D eigenvalue weighted by Gasteiger charge is -2.16. The molecule has 2 aromatic heterocycles. The van der Waals surface area contributed by atoms with Gasteiger partial charge in [-0.25, -0.2) is 4.98 Å². The molecule has 1 atom stereocenters. The number of fused-ring (bicyclic) bond motifs is 1. The number of rotatable bonds is 8. The SMILES string of the molecule is CCCNC(CCc1cn2ccsc2n1)COC. The molecule has 2 heterocycles. The molecule has 0 saturated carbocycles. The average molecular weight is 267 g/mol. The summed E-state index contributed by atoms with van der Waals surface area (Å²) in [6, 6.07) is 0.426. The van der Waals surface area contributed by atoms with Gasteiger partial charge in [-0.05, 0) is 25.8 Å². The second kappa shape index (κ2) is 6.87. The van der Waals surface area contributed by atoms with Gasteiger partial charge in [0.25, 0.3) is 0 Å². The maximum atomic E-state index is 5.25. The van der Waals surface area contributed by atoms with Crippen LogP contribution in [0.4, 0.5) is 0 Å². The van der Waals surface area contributed by atoms with Crippen molar-refractivity contribution in [2.45, 2.75) is 32.2 Å². The van der Waals surface area contributed by atoms with Gasteiger partial charge >= 0.3 is 0 Å². The normalized spacial score (nSPS) is 13.2. The van der Waals surface area contributed by atoms with Crippen molar-refractivity contribution in [2.75, 3.05) is 20.3 Å². The Labute approximate surface area is 112 Å². The second-order valence-electron chi connectivity index (χ2n) is 4.47. The number of imidazole rings is 1. The Hall–Kier alpha value is -0.910. The molecular weight excluding hydrogens is 246 g/mol. The number of aromatic nitrogens is 2. The largest absolute Gasteiger partial charge is 0.383 e. The summed E-state index contributed by atoms with van der Waals surface area (Å²) in [4.78, 5) is 5.68. The highest BCUT2D eigenvalue weighted by atomic mass is 32.1. The molecule has 0 bridgehead atoms. The topological polar surface area (TPSA) is 38.6 Å². The fourth-order valence-electron chi connectivity index (χ4n) is 2.01. The Kier molecular flexibility index (Phi) is 5.16. The summed E-state index contributed by atoms with van der Waals surface area (Å²) in [6.07, 6.45) is 7.40. The van der Waals surface area contributed by atoms with Crippen LogP contribution in [0, 0.1) is 0 Å². The fraction of sp³-hybridized carbons (Fsp3) is 0.615. The first-order chi connectivity index (χ1) is 8.83. The van der Waals surface area contributed by atoms with Crippen molar-refractivity contribution >= 4 is 16.3 Å². The summed E-state index contributed by atoms with van der Waals surface area (Å²) >= 11 is 1.68. The van der Waals surface area contributed by atoms with E-state index in [1.165, 1.54) is 5.69 Å². The molecule has 100 valence electrons. The number of methoxy groups -OCH3 is 1. The van der Waals surface area contributed by atoms with Crippen molar-refractivity contribution in [3.63, 3.8) is 0 Å². The Bertz CT molecular complexity index is 437. The Balaban J connectivity index is 1.86. The zero-order valence-corrected chi connectivity index (χ0v) is 11.9. The predicted octanol–water partition coefficient (Wildman–Crippen LogP) is 2.34. The van der Waals surface area contributed by atoms with E-state index in [0.29, 0.717) is 6.04 Å². The van der Waals surface area contributed by atoms with Gasteiger partial charge in [0.2, 0.25) is 0 Å². The molecule has 4 nitrogen and oxygen atoms in total. The first-order valence-electron chi connectivity index (χ1n) is 6.47.